The zero-order chi connectivity index (χ0) is 18.6. The van der Waals surface area contributed by atoms with Gasteiger partial charge in [-0.3, -0.25) is 4.90 Å². The Hall–Kier alpha value is -0.860. The van der Waals surface area contributed by atoms with E-state index >= 15 is 0 Å². The molecule has 1 aromatic rings. The minimum Gasteiger partial charge on any atom is -0.495 e. The van der Waals surface area contributed by atoms with Crippen LogP contribution in [-0.4, -0.2) is 58.8 Å². The van der Waals surface area contributed by atoms with Gasteiger partial charge in [-0.25, -0.2) is 13.1 Å². The maximum Gasteiger partial charge on any atom is 0.240 e. The molecule has 1 saturated heterocycles. The minimum atomic E-state index is -3.63. The Labute approximate surface area is 160 Å². The molecule has 1 aliphatic heterocycles. The highest BCUT2D eigenvalue weighted by Crippen LogP contribution is 2.34. The average Bonchev–Trinajstić information content (AvgIpc) is 2.68. The summed E-state index contributed by atoms with van der Waals surface area (Å²) < 4.78 is 39.0. The minimum absolute atomic E-state index is 0.120. The Bertz CT molecular complexity index is 714. The van der Waals surface area contributed by atoms with Crippen molar-refractivity contribution in [3.05, 3.63) is 23.2 Å². The van der Waals surface area contributed by atoms with Crippen LogP contribution < -0.4 is 9.46 Å². The fraction of sp³-hybridized carbons (Fsp3) is 0.667. The van der Waals surface area contributed by atoms with Gasteiger partial charge in [0.2, 0.25) is 10.0 Å². The third-order valence-corrected chi connectivity index (χ3v) is 7.19. The number of ether oxygens (including phenoxy) is 2. The van der Waals surface area contributed by atoms with E-state index < -0.39 is 10.0 Å². The third kappa shape index (κ3) is 4.34. The van der Waals surface area contributed by atoms with Gasteiger partial charge in [-0.1, -0.05) is 30.9 Å². The van der Waals surface area contributed by atoms with Gasteiger partial charge in [0.15, 0.2) is 0 Å². The lowest BCUT2D eigenvalue weighted by atomic mass is 9.80. The summed E-state index contributed by atoms with van der Waals surface area (Å²) in [4.78, 5) is 2.58. The summed E-state index contributed by atoms with van der Waals surface area (Å²) in [5, 5.41) is 0.288. The van der Waals surface area contributed by atoms with Crippen LogP contribution >= 0.6 is 11.6 Å². The van der Waals surface area contributed by atoms with Gasteiger partial charge in [0, 0.05) is 25.2 Å². The van der Waals surface area contributed by atoms with Crippen molar-refractivity contribution in [3.63, 3.8) is 0 Å². The van der Waals surface area contributed by atoms with Crippen LogP contribution in [0.5, 0.6) is 5.75 Å². The van der Waals surface area contributed by atoms with Gasteiger partial charge in [-0.2, -0.15) is 0 Å². The molecule has 2 fully saturated rings. The van der Waals surface area contributed by atoms with Crippen molar-refractivity contribution >= 4 is 21.6 Å². The second kappa shape index (κ2) is 8.44. The first-order chi connectivity index (χ1) is 12.5. The molecule has 146 valence electrons. The summed E-state index contributed by atoms with van der Waals surface area (Å²) in [6.07, 6.45) is 5.51. The van der Waals surface area contributed by atoms with Crippen molar-refractivity contribution in [1.29, 1.82) is 0 Å². The van der Waals surface area contributed by atoms with Crippen LogP contribution in [0.3, 0.4) is 0 Å². The molecule has 0 spiro atoms. The van der Waals surface area contributed by atoms with Crippen LogP contribution in [0.1, 0.15) is 32.1 Å². The smallest absolute Gasteiger partial charge is 0.240 e. The Balaban J connectivity index is 1.76. The molecule has 1 N–H and O–H groups in total. The number of benzene rings is 1. The monoisotopic (exact) mass is 402 g/mol. The molecule has 26 heavy (non-hydrogen) atoms. The largest absolute Gasteiger partial charge is 0.495 e. The van der Waals surface area contributed by atoms with E-state index in [1.54, 1.807) is 6.07 Å². The van der Waals surface area contributed by atoms with Gasteiger partial charge >= 0.3 is 0 Å². The van der Waals surface area contributed by atoms with Crippen molar-refractivity contribution in [2.45, 2.75) is 42.5 Å². The van der Waals surface area contributed by atoms with Gasteiger partial charge in [-0.05, 0) is 31.0 Å². The Morgan fingerprint density at radius 2 is 1.92 bits per heavy atom. The molecule has 0 atom stereocenters. The number of morpholine rings is 1. The van der Waals surface area contributed by atoms with Gasteiger partial charge in [0.25, 0.3) is 0 Å². The Kier molecular flexibility index (Phi) is 6.45. The van der Waals surface area contributed by atoms with Crippen molar-refractivity contribution in [2.24, 2.45) is 0 Å². The SMILES string of the molecule is COc1ccc(S(=O)(=O)NCC2(N3CCOCC3)CCCCC2)cc1Cl. The molecule has 6 nitrogen and oxygen atoms in total. The number of sulfonamides is 1. The molecule has 0 amide bonds. The van der Waals surface area contributed by atoms with Gasteiger partial charge in [-0.15, -0.1) is 0 Å². The second-order valence-corrected chi connectivity index (χ2v) is 9.18. The standard InChI is InChI=1S/C18H27ClN2O4S/c1-24-17-6-5-15(13-16(17)19)26(22,23)20-14-18(7-3-2-4-8-18)21-9-11-25-12-10-21/h5-6,13,20H,2-4,7-12,14H2,1H3. The van der Waals surface area contributed by atoms with E-state index in [0.717, 1.165) is 38.8 Å². The van der Waals surface area contributed by atoms with E-state index in [1.165, 1.54) is 25.7 Å². The molecular weight excluding hydrogens is 376 g/mol. The summed E-state index contributed by atoms with van der Waals surface area (Å²) in [7, 11) is -2.13. The summed E-state index contributed by atoms with van der Waals surface area (Å²) in [5.74, 6) is 0.461. The first-order valence-corrected chi connectivity index (χ1v) is 11.0. The zero-order valence-corrected chi connectivity index (χ0v) is 16.7. The van der Waals surface area contributed by atoms with Crippen molar-refractivity contribution in [3.8, 4) is 5.75 Å². The lowest BCUT2D eigenvalue weighted by Crippen LogP contribution is -2.59. The third-order valence-electron chi connectivity index (χ3n) is 5.49. The number of methoxy groups -OCH3 is 1. The molecule has 8 heteroatoms. The van der Waals surface area contributed by atoms with Crippen LogP contribution in [-0.2, 0) is 14.8 Å². The number of nitrogens with one attached hydrogen (secondary N) is 1. The van der Waals surface area contributed by atoms with E-state index in [0.29, 0.717) is 25.5 Å². The molecule has 0 radical (unpaired) electrons. The van der Waals surface area contributed by atoms with E-state index in [4.69, 9.17) is 21.1 Å². The molecule has 0 unspecified atom stereocenters. The molecular formula is C18H27ClN2O4S. The van der Waals surface area contributed by atoms with Crippen LogP contribution in [0.25, 0.3) is 0 Å². The summed E-state index contributed by atoms with van der Waals surface area (Å²) in [6.45, 7) is 3.55. The highest BCUT2D eigenvalue weighted by atomic mass is 35.5. The molecule has 2 aliphatic rings. The van der Waals surface area contributed by atoms with Crippen molar-refractivity contribution in [2.75, 3.05) is 40.0 Å². The molecule has 1 aliphatic carbocycles. The normalized spacial score (nSPS) is 21.5. The summed E-state index contributed by atoms with van der Waals surface area (Å²) >= 11 is 6.09. The predicted octanol–water partition coefficient (Wildman–Crippen LogP) is 2.66. The van der Waals surface area contributed by atoms with Crippen molar-refractivity contribution in [1.82, 2.24) is 9.62 Å². The van der Waals surface area contributed by atoms with Gasteiger partial charge in [0.05, 0.1) is 30.2 Å². The number of nitrogens with zero attached hydrogens (tertiary/aromatic N) is 1. The first-order valence-electron chi connectivity index (χ1n) is 9.13. The van der Waals surface area contributed by atoms with E-state index in [-0.39, 0.29) is 15.5 Å². The topological polar surface area (TPSA) is 67.9 Å². The lowest BCUT2D eigenvalue weighted by Gasteiger charge is -2.48. The average molecular weight is 403 g/mol. The fourth-order valence-corrected chi connectivity index (χ4v) is 5.45. The highest BCUT2D eigenvalue weighted by molar-refractivity contribution is 7.89. The van der Waals surface area contributed by atoms with Crippen molar-refractivity contribution < 1.29 is 17.9 Å². The molecule has 1 heterocycles. The van der Waals surface area contributed by atoms with E-state index in [1.807, 2.05) is 0 Å². The van der Waals surface area contributed by atoms with Crippen LogP contribution in [0, 0.1) is 0 Å². The maximum absolute atomic E-state index is 12.8. The number of halogens is 1. The first kappa shape index (κ1) is 19.9. The fourth-order valence-electron chi connectivity index (χ4n) is 3.98. The Morgan fingerprint density at radius 1 is 1.23 bits per heavy atom. The van der Waals surface area contributed by atoms with E-state index in [9.17, 15) is 8.42 Å². The highest BCUT2D eigenvalue weighted by Gasteiger charge is 2.39. The molecule has 3 rings (SSSR count). The van der Waals surface area contributed by atoms with Crippen LogP contribution in [0.15, 0.2) is 23.1 Å². The maximum atomic E-state index is 12.8. The molecule has 0 bridgehead atoms. The zero-order valence-electron chi connectivity index (χ0n) is 15.2. The molecule has 1 saturated carbocycles. The molecule has 1 aromatic carbocycles. The molecule has 0 aromatic heterocycles. The second-order valence-electron chi connectivity index (χ2n) is 7.01. The van der Waals surface area contributed by atoms with Crippen LogP contribution in [0.2, 0.25) is 5.02 Å². The quantitative estimate of drug-likeness (QED) is 0.792. The lowest BCUT2D eigenvalue weighted by molar-refractivity contribution is -0.0348. The predicted molar refractivity (Wildman–Crippen MR) is 101 cm³/mol. The van der Waals surface area contributed by atoms with Crippen LogP contribution in [0.4, 0.5) is 0 Å². The van der Waals surface area contributed by atoms with Gasteiger partial charge in [0.1, 0.15) is 5.75 Å². The van der Waals surface area contributed by atoms with Gasteiger partial charge < -0.3 is 9.47 Å². The summed E-state index contributed by atoms with van der Waals surface area (Å²) in [6, 6.07) is 4.54. The number of hydrogen-bond donors (Lipinski definition) is 1. The number of rotatable bonds is 6. The van der Waals surface area contributed by atoms with E-state index in [2.05, 4.69) is 9.62 Å². The Morgan fingerprint density at radius 3 is 2.54 bits per heavy atom. The summed E-state index contributed by atoms with van der Waals surface area (Å²) in [5.41, 5.74) is -0.120. The number of hydrogen-bond acceptors (Lipinski definition) is 5.